The molecule has 0 aromatic heterocycles. The van der Waals surface area contributed by atoms with E-state index >= 15 is 0 Å². The minimum Gasteiger partial charge on any atom is -0.497 e. The Bertz CT molecular complexity index is 392. The zero-order chi connectivity index (χ0) is 10.8. The Balaban J connectivity index is 2.34. The summed E-state index contributed by atoms with van der Waals surface area (Å²) in [4.78, 5) is 13.3. The maximum atomic E-state index is 11.5. The Morgan fingerprint density at radius 2 is 2.20 bits per heavy atom. The largest absolute Gasteiger partial charge is 0.497 e. The molecule has 15 heavy (non-hydrogen) atoms. The van der Waals surface area contributed by atoms with Crippen LogP contribution in [-0.2, 0) is 4.79 Å². The Morgan fingerprint density at radius 3 is 2.80 bits per heavy atom. The number of nitrogens with zero attached hydrogens (tertiary/aromatic N) is 1. The van der Waals surface area contributed by atoms with Crippen LogP contribution in [0.25, 0.3) is 0 Å². The molecule has 1 aliphatic heterocycles. The number of carbonyl (C=O) groups is 1. The molecule has 1 saturated heterocycles. The average Bonchev–Trinajstić information content (AvgIpc) is 2.63. The number of benzene rings is 1. The topological polar surface area (TPSA) is 29.5 Å². The molecule has 80 valence electrons. The third-order valence-corrected chi connectivity index (χ3v) is 2.70. The van der Waals surface area contributed by atoms with Crippen molar-refractivity contribution in [3.05, 3.63) is 23.2 Å². The minimum atomic E-state index is 0.152. The van der Waals surface area contributed by atoms with Crippen LogP contribution in [0.4, 0.5) is 5.69 Å². The van der Waals surface area contributed by atoms with E-state index in [1.54, 1.807) is 24.1 Å². The quantitative estimate of drug-likeness (QED) is 0.774. The zero-order valence-corrected chi connectivity index (χ0v) is 9.25. The van der Waals surface area contributed by atoms with Crippen molar-refractivity contribution in [2.24, 2.45) is 0 Å². The van der Waals surface area contributed by atoms with Crippen molar-refractivity contribution < 1.29 is 9.53 Å². The molecule has 0 atom stereocenters. The van der Waals surface area contributed by atoms with Crippen molar-refractivity contribution in [1.82, 2.24) is 0 Å². The summed E-state index contributed by atoms with van der Waals surface area (Å²) in [6.07, 6.45) is 1.53. The summed E-state index contributed by atoms with van der Waals surface area (Å²) in [5.41, 5.74) is 0.821. The molecule has 3 nitrogen and oxygen atoms in total. The zero-order valence-electron chi connectivity index (χ0n) is 8.50. The maximum absolute atomic E-state index is 11.5. The van der Waals surface area contributed by atoms with Crippen LogP contribution >= 0.6 is 11.6 Å². The smallest absolute Gasteiger partial charge is 0.227 e. The van der Waals surface area contributed by atoms with Gasteiger partial charge >= 0.3 is 0 Å². The molecular weight excluding hydrogens is 214 g/mol. The Labute approximate surface area is 93.6 Å². The summed E-state index contributed by atoms with van der Waals surface area (Å²) in [7, 11) is 1.58. The van der Waals surface area contributed by atoms with E-state index < -0.39 is 0 Å². The monoisotopic (exact) mass is 225 g/mol. The van der Waals surface area contributed by atoms with E-state index in [1.807, 2.05) is 6.07 Å². The molecule has 4 heteroatoms. The van der Waals surface area contributed by atoms with Gasteiger partial charge in [0.2, 0.25) is 5.91 Å². The van der Waals surface area contributed by atoms with Crippen LogP contribution in [0, 0.1) is 0 Å². The molecule has 0 spiro atoms. The highest BCUT2D eigenvalue weighted by atomic mass is 35.5. The molecule has 0 radical (unpaired) electrons. The number of amides is 1. The third kappa shape index (κ3) is 2.07. The summed E-state index contributed by atoms with van der Waals surface area (Å²) in [5, 5.41) is 0.587. The van der Waals surface area contributed by atoms with Crippen LogP contribution < -0.4 is 9.64 Å². The summed E-state index contributed by atoms with van der Waals surface area (Å²) < 4.78 is 5.11. The van der Waals surface area contributed by atoms with Gasteiger partial charge in [-0.2, -0.15) is 0 Å². The summed E-state index contributed by atoms with van der Waals surface area (Å²) >= 11 is 5.94. The lowest BCUT2D eigenvalue weighted by Crippen LogP contribution is -2.23. The first-order valence-corrected chi connectivity index (χ1v) is 5.23. The van der Waals surface area contributed by atoms with Gasteiger partial charge in [0.15, 0.2) is 0 Å². The first-order chi connectivity index (χ1) is 7.20. The first-order valence-electron chi connectivity index (χ1n) is 4.85. The molecule has 1 amide bonds. The lowest BCUT2D eigenvalue weighted by Gasteiger charge is -2.16. The van der Waals surface area contributed by atoms with Gasteiger partial charge in [-0.1, -0.05) is 11.6 Å². The van der Waals surface area contributed by atoms with Gasteiger partial charge in [-0.15, -0.1) is 0 Å². The van der Waals surface area contributed by atoms with Gasteiger partial charge in [-0.3, -0.25) is 4.79 Å². The standard InChI is InChI=1S/C11H12ClNO2/c1-15-10-6-8(12)5-9(7-10)13-4-2-3-11(13)14/h5-7H,2-4H2,1H3. The molecule has 1 heterocycles. The van der Waals surface area contributed by atoms with Crippen LogP contribution in [0.3, 0.4) is 0 Å². The Kier molecular flexibility index (Phi) is 2.82. The number of hydrogen-bond acceptors (Lipinski definition) is 2. The number of halogens is 1. The van der Waals surface area contributed by atoms with Crippen LogP contribution in [-0.4, -0.2) is 19.6 Å². The number of ether oxygens (including phenoxy) is 1. The maximum Gasteiger partial charge on any atom is 0.227 e. The van der Waals surface area contributed by atoms with Gasteiger partial charge in [-0.25, -0.2) is 0 Å². The van der Waals surface area contributed by atoms with Crippen LogP contribution in [0.1, 0.15) is 12.8 Å². The van der Waals surface area contributed by atoms with Gasteiger partial charge in [0.1, 0.15) is 5.75 Å². The number of hydrogen-bond donors (Lipinski definition) is 0. The molecule has 1 fully saturated rings. The van der Waals surface area contributed by atoms with Crippen LogP contribution in [0.5, 0.6) is 5.75 Å². The molecule has 0 aliphatic carbocycles. The second kappa shape index (κ2) is 4.11. The molecule has 1 aromatic carbocycles. The summed E-state index contributed by atoms with van der Waals surface area (Å²) in [6, 6.07) is 5.34. The van der Waals surface area contributed by atoms with E-state index in [-0.39, 0.29) is 5.91 Å². The van der Waals surface area contributed by atoms with Crippen LogP contribution in [0.15, 0.2) is 18.2 Å². The highest BCUT2D eigenvalue weighted by Crippen LogP contribution is 2.29. The van der Waals surface area contributed by atoms with Crippen molar-refractivity contribution in [2.45, 2.75) is 12.8 Å². The highest BCUT2D eigenvalue weighted by molar-refractivity contribution is 6.31. The van der Waals surface area contributed by atoms with E-state index in [0.29, 0.717) is 17.2 Å². The number of carbonyl (C=O) groups excluding carboxylic acids is 1. The van der Waals surface area contributed by atoms with Gasteiger partial charge < -0.3 is 9.64 Å². The second-order valence-electron chi connectivity index (χ2n) is 3.50. The van der Waals surface area contributed by atoms with Crippen molar-refractivity contribution in [3.63, 3.8) is 0 Å². The van der Waals surface area contributed by atoms with Crippen molar-refractivity contribution in [1.29, 1.82) is 0 Å². The predicted molar refractivity (Wildman–Crippen MR) is 59.6 cm³/mol. The number of methoxy groups -OCH3 is 1. The first kappa shape index (κ1) is 10.3. The fourth-order valence-corrected chi connectivity index (χ4v) is 1.96. The molecule has 0 saturated carbocycles. The molecular formula is C11H12ClNO2. The fourth-order valence-electron chi connectivity index (χ4n) is 1.74. The second-order valence-corrected chi connectivity index (χ2v) is 3.93. The van der Waals surface area contributed by atoms with E-state index in [9.17, 15) is 4.79 Å². The van der Waals surface area contributed by atoms with E-state index in [4.69, 9.17) is 16.3 Å². The van der Waals surface area contributed by atoms with Gasteiger partial charge in [0.25, 0.3) is 0 Å². The number of anilines is 1. The molecule has 0 unspecified atom stereocenters. The van der Waals surface area contributed by atoms with E-state index in [2.05, 4.69) is 0 Å². The summed E-state index contributed by atoms with van der Waals surface area (Å²) in [6.45, 7) is 0.766. The van der Waals surface area contributed by atoms with E-state index in [0.717, 1.165) is 18.7 Å². The molecule has 0 N–H and O–H groups in total. The Morgan fingerprint density at radius 1 is 1.40 bits per heavy atom. The van der Waals surface area contributed by atoms with Crippen LogP contribution in [0.2, 0.25) is 5.02 Å². The average molecular weight is 226 g/mol. The van der Waals surface area contributed by atoms with Crippen molar-refractivity contribution in [3.8, 4) is 5.75 Å². The molecule has 0 bridgehead atoms. The van der Waals surface area contributed by atoms with E-state index in [1.165, 1.54) is 0 Å². The van der Waals surface area contributed by atoms with Gasteiger partial charge in [0, 0.05) is 29.7 Å². The third-order valence-electron chi connectivity index (χ3n) is 2.48. The normalized spacial score (nSPS) is 15.9. The highest BCUT2D eigenvalue weighted by Gasteiger charge is 2.22. The number of rotatable bonds is 2. The predicted octanol–water partition coefficient (Wildman–Crippen LogP) is 2.48. The lowest BCUT2D eigenvalue weighted by atomic mass is 10.3. The molecule has 2 rings (SSSR count). The lowest BCUT2D eigenvalue weighted by molar-refractivity contribution is -0.117. The van der Waals surface area contributed by atoms with Crippen molar-refractivity contribution in [2.75, 3.05) is 18.6 Å². The SMILES string of the molecule is COc1cc(Cl)cc(N2CCCC2=O)c1. The Hall–Kier alpha value is -1.22. The molecule has 1 aromatic rings. The minimum absolute atomic E-state index is 0.152. The van der Waals surface area contributed by atoms with Crippen molar-refractivity contribution >= 4 is 23.2 Å². The molecule has 1 aliphatic rings. The summed E-state index contributed by atoms with van der Waals surface area (Å²) in [5.74, 6) is 0.830. The fraction of sp³-hybridized carbons (Fsp3) is 0.364. The van der Waals surface area contributed by atoms with Gasteiger partial charge in [0.05, 0.1) is 7.11 Å². The van der Waals surface area contributed by atoms with Gasteiger partial charge in [-0.05, 0) is 18.6 Å².